The molecule has 0 amide bonds. The number of carbonyl (C=O) groups excluding carboxylic acids is 1. The van der Waals surface area contributed by atoms with E-state index in [0.29, 0.717) is 22.7 Å². The molecule has 4 nitrogen and oxygen atoms in total. The van der Waals surface area contributed by atoms with Crippen molar-refractivity contribution in [3.63, 3.8) is 0 Å². The van der Waals surface area contributed by atoms with Crippen molar-refractivity contribution >= 4 is 16.9 Å². The number of fused-ring (bicyclic) bond motifs is 1. The van der Waals surface area contributed by atoms with Crippen molar-refractivity contribution in [2.45, 2.75) is 26.9 Å². The smallest absolute Gasteiger partial charge is 0.342 e. The fourth-order valence-electron chi connectivity index (χ4n) is 1.85. The van der Waals surface area contributed by atoms with Gasteiger partial charge in [-0.25, -0.2) is 4.79 Å². The molecule has 0 spiro atoms. The summed E-state index contributed by atoms with van der Waals surface area (Å²) in [5.74, 6) is 0.875. The fourth-order valence-corrected chi connectivity index (χ4v) is 1.85. The van der Waals surface area contributed by atoms with Gasteiger partial charge in [0.25, 0.3) is 0 Å². The first-order valence-corrected chi connectivity index (χ1v) is 5.81. The molecule has 0 N–H and O–H groups in total. The van der Waals surface area contributed by atoms with Crippen LogP contribution in [0.1, 0.15) is 30.0 Å². The Hall–Kier alpha value is -1.97. The van der Waals surface area contributed by atoms with E-state index in [0.717, 1.165) is 5.39 Å². The zero-order valence-electron chi connectivity index (χ0n) is 10.9. The topological polar surface area (TPSA) is 48.7 Å². The van der Waals surface area contributed by atoms with Crippen molar-refractivity contribution in [1.82, 2.24) is 0 Å². The van der Waals surface area contributed by atoms with Gasteiger partial charge in [-0.05, 0) is 39.0 Å². The van der Waals surface area contributed by atoms with E-state index in [9.17, 15) is 4.79 Å². The zero-order chi connectivity index (χ0) is 13.3. The van der Waals surface area contributed by atoms with Gasteiger partial charge in [0.1, 0.15) is 22.7 Å². The summed E-state index contributed by atoms with van der Waals surface area (Å²) in [5.41, 5.74) is 1.13. The van der Waals surface area contributed by atoms with Gasteiger partial charge in [0.15, 0.2) is 0 Å². The number of esters is 1. The Bertz CT molecular complexity index is 581. The van der Waals surface area contributed by atoms with Crippen LogP contribution in [-0.4, -0.2) is 19.2 Å². The standard InChI is InChI=1S/C14H16O4/c1-8(2)17-14(15)13-9(3)18-12-6-5-10(16-4)7-11(12)13/h5-8H,1-4H3. The quantitative estimate of drug-likeness (QED) is 0.782. The van der Waals surface area contributed by atoms with Crippen molar-refractivity contribution in [2.75, 3.05) is 7.11 Å². The minimum atomic E-state index is -0.366. The van der Waals surface area contributed by atoms with E-state index in [1.807, 2.05) is 13.8 Å². The lowest BCUT2D eigenvalue weighted by Gasteiger charge is -2.07. The van der Waals surface area contributed by atoms with Gasteiger partial charge in [-0.3, -0.25) is 0 Å². The van der Waals surface area contributed by atoms with Crippen molar-refractivity contribution < 1.29 is 18.7 Å². The largest absolute Gasteiger partial charge is 0.497 e. The minimum absolute atomic E-state index is 0.160. The van der Waals surface area contributed by atoms with Gasteiger partial charge < -0.3 is 13.9 Å². The third kappa shape index (κ3) is 2.18. The van der Waals surface area contributed by atoms with Crippen LogP contribution in [0.2, 0.25) is 0 Å². The van der Waals surface area contributed by atoms with E-state index >= 15 is 0 Å². The SMILES string of the molecule is COc1ccc2oc(C)c(C(=O)OC(C)C)c2c1. The molecule has 96 valence electrons. The number of rotatable bonds is 3. The normalized spacial score (nSPS) is 10.9. The van der Waals surface area contributed by atoms with Crippen LogP contribution in [0.3, 0.4) is 0 Å². The second kappa shape index (κ2) is 4.72. The van der Waals surface area contributed by atoms with E-state index in [2.05, 4.69) is 0 Å². The Labute approximate surface area is 105 Å². The van der Waals surface area contributed by atoms with Crippen LogP contribution in [0.4, 0.5) is 0 Å². The van der Waals surface area contributed by atoms with Gasteiger partial charge in [-0.15, -0.1) is 0 Å². The highest BCUT2D eigenvalue weighted by Gasteiger charge is 2.20. The summed E-state index contributed by atoms with van der Waals surface area (Å²) in [5, 5.41) is 0.720. The monoisotopic (exact) mass is 248 g/mol. The van der Waals surface area contributed by atoms with Crippen LogP contribution in [-0.2, 0) is 4.74 Å². The van der Waals surface area contributed by atoms with E-state index in [1.165, 1.54) is 0 Å². The molecule has 1 heterocycles. The van der Waals surface area contributed by atoms with Crippen molar-refractivity contribution in [3.8, 4) is 5.75 Å². The maximum absolute atomic E-state index is 12.0. The molecule has 0 aliphatic rings. The lowest BCUT2D eigenvalue weighted by molar-refractivity contribution is 0.0378. The average molecular weight is 248 g/mol. The molecule has 2 aromatic rings. The predicted octanol–water partition coefficient (Wildman–Crippen LogP) is 3.32. The van der Waals surface area contributed by atoms with Gasteiger partial charge in [0, 0.05) is 5.39 Å². The summed E-state index contributed by atoms with van der Waals surface area (Å²) >= 11 is 0. The molecule has 0 bridgehead atoms. The highest BCUT2D eigenvalue weighted by molar-refractivity contribution is 6.04. The van der Waals surface area contributed by atoms with Crippen LogP contribution in [0.25, 0.3) is 11.0 Å². The summed E-state index contributed by atoms with van der Waals surface area (Å²) in [4.78, 5) is 12.0. The maximum Gasteiger partial charge on any atom is 0.342 e. The molecule has 1 aromatic carbocycles. The Morgan fingerprint density at radius 2 is 2.06 bits per heavy atom. The van der Waals surface area contributed by atoms with E-state index in [-0.39, 0.29) is 12.1 Å². The molecule has 0 atom stereocenters. The highest BCUT2D eigenvalue weighted by atomic mass is 16.5. The summed E-state index contributed by atoms with van der Waals surface area (Å²) in [6.45, 7) is 5.38. The number of furan rings is 1. The number of ether oxygens (including phenoxy) is 2. The second-order valence-corrected chi connectivity index (χ2v) is 4.35. The van der Waals surface area contributed by atoms with E-state index < -0.39 is 0 Å². The Kier molecular flexibility index (Phi) is 3.28. The van der Waals surface area contributed by atoms with Gasteiger partial charge in [-0.1, -0.05) is 0 Å². The molecule has 0 fully saturated rings. The Balaban J connectivity index is 2.54. The van der Waals surface area contributed by atoms with Gasteiger partial charge >= 0.3 is 5.97 Å². The molecule has 1 aromatic heterocycles. The van der Waals surface area contributed by atoms with Crippen LogP contribution in [0.15, 0.2) is 22.6 Å². The molecule has 0 aliphatic carbocycles. The molecule has 0 saturated heterocycles. The molecule has 2 rings (SSSR count). The minimum Gasteiger partial charge on any atom is -0.497 e. The van der Waals surface area contributed by atoms with Crippen LogP contribution < -0.4 is 4.74 Å². The third-order valence-electron chi connectivity index (χ3n) is 2.62. The van der Waals surface area contributed by atoms with Crippen LogP contribution in [0.5, 0.6) is 5.75 Å². The number of carbonyl (C=O) groups is 1. The van der Waals surface area contributed by atoms with Crippen LogP contribution >= 0.6 is 0 Å². The van der Waals surface area contributed by atoms with E-state index in [4.69, 9.17) is 13.9 Å². The Morgan fingerprint density at radius 1 is 1.33 bits per heavy atom. The molecule has 0 unspecified atom stereocenters. The molecule has 4 heteroatoms. The first-order valence-electron chi connectivity index (χ1n) is 5.81. The average Bonchev–Trinajstić information content (AvgIpc) is 2.62. The third-order valence-corrected chi connectivity index (χ3v) is 2.62. The molecule has 0 saturated carbocycles. The number of hydrogen-bond acceptors (Lipinski definition) is 4. The van der Waals surface area contributed by atoms with Gasteiger partial charge in [0.05, 0.1) is 13.2 Å². The zero-order valence-corrected chi connectivity index (χ0v) is 10.9. The summed E-state index contributed by atoms with van der Waals surface area (Å²) in [6.07, 6.45) is -0.160. The molecule has 0 radical (unpaired) electrons. The van der Waals surface area contributed by atoms with Crippen molar-refractivity contribution in [2.24, 2.45) is 0 Å². The number of benzene rings is 1. The fraction of sp³-hybridized carbons (Fsp3) is 0.357. The second-order valence-electron chi connectivity index (χ2n) is 4.35. The first kappa shape index (κ1) is 12.5. The molecular weight excluding hydrogens is 232 g/mol. The van der Waals surface area contributed by atoms with Crippen molar-refractivity contribution in [3.05, 3.63) is 29.5 Å². The highest BCUT2D eigenvalue weighted by Crippen LogP contribution is 2.29. The molecular formula is C14H16O4. The van der Waals surface area contributed by atoms with Crippen molar-refractivity contribution in [1.29, 1.82) is 0 Å². The van der Waals surface area contributed by atoms with E-state index in [1.54, 1.807) is 32.2 Å². The lowest BCUT2D eigenvalue weighted by Crippen LogP contribution is -2.12. The first-order chi connectivity index (χ1) is 8.52. The summed E-state index contributed by atoms with van der Waals surface area (Å²) in [7, 11) is 1.58. The number of aryl methyl sites for hydroxylation is 1. The number of hydrogen-bond donors (Lipinski definition) is 0. The number of methoxy groups -OCH3 is 1. The maximum atomic E-state index is 12.0. The molecule has 18 heavy (non-hydrogen) atoms. The molecule has 0 aliphatic heterocycles. The Morgan fingerprint density at radius 3 is 2.67 bits per heavy atom. The van der Waals surface area contributed by atoms with Crippen LogP contribution in [0, 0.1) is 6.92 Å². The summed E-state index contributed by atoms with van der Waals surface area (Å²) < 4.78 is 15.9. The predicted molar refractivity (Wildman–Crippen MR) is 68.1 cm³/mol. The summed E-state index contributed by atoms with van der Waals surface area (Å²) in [6, 6.07) is 5.36. The van der Waals surface area contributed by atoms with Gasteiger partial charge in [-0.2, -0.15) is 0 Å². The van der Waals surface area contributed by atoms with Gasteiger partial charge in [0.2, 0.25) is 0 Å². The lowest BCUT2D eigenvalue weighted by atomic mass is 10.1.